The summed E-state index contributed by atoms with van der Waals surface area (Å²) in [5.74, 6) is 0. The molecule has 2 atom stereocenters. The van der Waals surface area contributed by atoms with Crippen LogP contribution in [0.3, 0.4) is 0 Å². The third-order valence-corrected chi connectivity index (χ3v) is 3.08. The minimum absolute atomic E-state index is 0.0480. The van der Waals surface area contributed by atoms with Gasteiger partial charge in [-0.2, -0.15) is 0 Å². The van der Waals surface area contributed by atoms with Gasteiger partial charge in [0, 0.05) is 18.0 Å². The number of nitrogens with zero attached hydrogens (tertiary/aromatic N) is 3. The maximum Gasteiger partial charge on any atom is 0.330 e. The predicted molar refractivity (Wildman–Crippen MR) is 72.7 cm³/mol. The number of aromatic amines is 2. The molecule has 114 valence electrons. The fourth-order valence-electron chi connectivity index (χ4n) is 1.99. The van der Waals surface area contributed by atoms with Crippen LogP contribution in [0.25, 0.3) is 0 Å². The number of aryl methyl sites for hydroxylation is 1. The van der Waals surface area contributed by atoms with Gasteiger partial charge in [-0.1, -0.05) is 5.21 Å². The molecule has 3 rings (SSSR count). The van der Waals surface area contributed by atoms with Gasteiger partial charge >= 0.3 is 5.69 Å². The fourth-order valence-corrected chi connectivity index (χ4v) is 1.99. The standard InChI is InChI=1S/C10H14N2O4.C2H3N3/c1-6-4-12(10(15)11-9(6)14)8-3-2-7(5-13)16-8;1-2-4-5-3-1/h4,7-8,13H,2-3,5H2,1H3,(H,11,14,15);1-2H,(H,3,4,5)/t7-,8+;/m0./s1. The van der Waals surface area contributed by atoms with Crippen molar-refractivity contribution in [3.8, 4) is 0 Å². The van der Waals surface area contributed by atoms with Gasteiger partial charge in [0.05, 0.1) is 18.9 Å². The highest BCUT2D eigenvalue weighted by Gasteiger charge is 2.26. The van der Waals surface area contributed by atoms with Crippen LogP contribution in [0.4, 0.5) is 0 Å². The summed E-state index contributed by atoms with van der Waals surface area (Å²) in [6, 6.07) is 0. The second kappa shape index (κ2) is 6.95. The molecule has 0 amide bonds. The number of aliphatic hydroxyl groups is 1. The molecule has 0 bridgehead atoms. The number of nitrogens with one attached hydrogen (secondary N) is 2. The Morgan fingerprint density at radius 1 is 1.48 bits per heavy atom. The molecule has 3 N–H and O–H groups in total. The van der Waals surface area contributed by atoms with Crippen LogP contribution >= 0.6 is 0 Å². The summed E-state index contributed by atoms with van der Waals surface area (Å²) in [5.41, 5.74) is -0.382. The monoisotopic (exact) mass is 295 g/mol. The molecule has 9 nitrogen and oxygen atoms in total. The molecule has 1 aliphatic heterocycles. The lowest BCUT2D eigenvalue weighted by Crippen LogP contribution is -2.33. The van der Waals surface area contributed by atoms with Gasteiger partial charge < -0.3 is 9.84 Å². The summed E-state index contributed by atoms with van der Waals surface area (Å²) < 4.78 is 6.83. The van der Waals surface area contributed by atoms with E-state index >= 15 is 0 Å². The zero-order valence-electron chi connectivity index (χ0n) is 11.5. The Hall–Kier alpha value is -2.26. The van der Waals surface area contributed by atoms with Gasteiger partial charge in [0.15, 0.2) is 0 Å². The minimum atomic E-state index is -0.473. The van der Waals surface area contributed by atoms with E-state index in [0.717, 1.165) is 0 Å². The maximum absolute atomic E-state index is 11.5. The first-order valence-corrected chi connectivity index (χ1v) is 6.50. The molecular weight excluding hydrogens is 278 g/mol. The Kier molecular flexibility index (Phi) is 5.01. The number of rotatable bonds is 2. The Labute approximate surface area is 119 Å². The molecule has 3 heterocycles. The van der Waals surface area contributed by atoms with Crippen LogP contribution < -0.4 is 11.2 Å². The van der Waals surface area contributed by atoms with Crippen molar-refractivity contribution in [2.24, 2.45) is 0 Å². The zero-order chi connectivity index (χ0) is 15.2. The van der Waals surface area contributed by atoms with Crippen LogP contribution in [-0.2, 0) is 4.74 Å². The zero-order valence-corrected chi connectivity index (χ0v) is 11.5. The van der Waals surface area contributed by atoms with Gasteiger partial charge in [-0.3, -0.25) is 19.4 Å². The third kappa shape index (κ3) is 3.86. The summed E-state index contributed by atoms with van der Waals surface area (Å²) in [6.45, 7) is 1.58. The highest BCUT2D eigenvalue weighted by atomic mass is 16.5. The average Bonchev–Trinajstić information content (AvgIpc) is 3.16. The quantitative estimate of drug-likeness (QED) is 0.674. The first-order chi connectivity index (χ1) is 10.1. The molecule has 1 fully saturated rings. The van der Waals surface area contributed by atoms with E-state index in [1.165, 1.54) is 10.8 Å². The van der Waals surface area contributed by atoms with Crippen molar-refractivity contribution in [3.05, 3.63) is 45.0 Å². The highest BCUT2D eigenvalue weighted by Crippen LogP contribution is 2.26. The van der Waals surface area contributed by atoms with Crippen LogP contribution in [0.15, 0.2) is 28.2 Å². The van der Waals surface area contributed by atoms with E-state index in [9.17, 15) is 9.59 Å². The Morgan fingerprint density at radius 3 is 2.81 bits per heavy atom. The van der Waals surface area contributed by atoms with E-state index in [4.69, 9.17) is 9.84 Å². The normalized spacial score (nSPS) is 20.9. The van der Waals surface area contributed by atoms with E-state index in [1.807, 2.05) is 0 Å². The SMILES string of the molecule is Cc1cn([C@H]2CC[C@@H](CO)O2)c(=O)[nH]c1=O.c1c[nH]nn1. The van der Waals surface area contributed by atoms with Crippen molar-refractivity contribution in [1.82, 2.24) is 25.0 Å². The third-order valence-electron chi connectivity index (χ3n) is 3.08. The van der Waals surface area contributed by atoms with Gasteiger partial charge in [0.25, 0.3) is 5.56 Å². The highest BCUT2D eigenvalue weighted by molar-refractivity contribution is 5.01. The lowest BCUT2D eigenvalue weighted by Gasteiger charge is -2.14. The lowest BCUT2D eigenvalue weighted by atomic mass is 10.2. The minimum Gasteiger partial charge on any atom is -0.394 e. The van der Waals surface area contributed by atoms with Crippen molar-refractivity contribution < 1.29 is 9.84 Å². The molecule has 1 saturated heterocycles. The van der Waals surface area contributed by atoms with E-state index in [1.54, 1.807) is 19.3 Å². The van der Waals surface area contributed by atoms with Crippen LogP contribution in [-0.4, -0.2) is 42.8 Å². The smallest absolute Gasteiger partial charge is 0.330 e. The van der Waals surface area contributed by atoms with E-state index in [0.29, 0.717) is 18.4 Å². The van der Waals surface area contributed by atoms with Crippen molar-refractivity contribution in [3.63, 3.8) is 0 Å². The summed E-state index contributed by atoms with van der Waals surface area (Å²) in [4.78, 5) is 24.9. The van der Waals surface area contributed by atoms with E-state index in [2.05, 4.69) is 20.4 Å². The maximum atomic E-state index is 11.5. The van der Waals surface area contributed by atoms with Crippen LogP contribution in [0.1, 0.15) is 24.6 Å². The average molecular weight is 295 g/mol. The molecule has 0 radical (unpaired) electrons. The lowest BCUT2D eigenvalue weighted by molar-refractivity contribution is -0.0247. The Morgan fingerprint density at radius 2 is 2.29 bits per heavy atom. The molecule has 2 aromatic heterocycles. The van der Waals surface area contributed by atoms with Gasteiger partial charge in [0.1, 0.15) is 6.23 Å². The molecule has 2 aromatic rings. The second-order valence-electron chi connectivity index (χ2n) is 4.61. The molecule has 0 unspecified atom stereocenters. The Bertz CT molecular complexity index is 646. The van der Waals surface area contributed by atoms with Gasteiger partial charge in [-0.15, -0.1) is 5.10 Å². The Balaban J connectivity index is 0.000000272. The fraction of sp³-hybridized carbons (Fsp3) is 0.500. The molecule has 9 heteroatoms. The van der Waals surface area contributed by atoms with Crippen molar-refractivity contribution >= 4 is 0 Å². The molecule has 0 spiro atoms. The van der Waals surface area contributed by atoms with Gasteiger partial charge in [0.2, 0.25) is 0 Å². The molecule has 21 heavy (non-hydrogen) atoms. The van der Waals surface area contributed by atoms with E-state index < -0.39 is 5.69 Å². The first kappa shape index (κ1) is 15.1. The van der Waals surface area contributed by atoms with Gasteiger partial charge in [-0.05, 0) is 19.8 Å². The molecular formula is C12H17N5O4. The topological polar surface area (TPSA) is 126 Å². The summed E-state index contributed by atoms with van der Waals surface area (Å²) in [5, 5.41) is 18.2. The van der Waals surface area contributed by atoms with Crippen LogP contribution in [0.5, 0.6) is 0 Å². The molecule has 0 aliphatic carbocycles. The second-order valence-corrected chi connectivity index (χ2v) is 4.61. The van der Waals surface area contributed by atoms with E-state index in [-0.39, 0.29) is 24.5 Å². The number of H-pyrrole nitrogens is 2. The van der Waals surface area contributed by atoms with Crippen molar-refractivity contribution in [1.29, 1.82) is 0 Å². The molecule has 1 aliphatic rings. The van der Waals surface area contributed by atoms with Crippen molar-refractivity contribution in [2.75, 3.05) is 6.61 Å². The van der Waals surface area contributed by atoms with Gasteiger partial charge in [-0.25, -0.2) is 4.79 Å². The predicted octanol–water partition coefficient (Wildman–Crippen LogP) is -0.680. The van der Waals surface area contributed by atoms with Crippen LogP contribution in [0, 0.1) is 6.92 Å². The number of aromatic nitrogens is 5. The van der Waals surface area contributed by atoms with Crippen molar-refractivity contribution in [2.45, 2.75) is 32.1 Å². The number of hydrogen-bond donors (Lipinski definition) is 3. The summed E-state index contributed by atoms with van der Waals surface area (Å²) >= 11 is 0. The number of hydrogen-bond acceptors (Lipinski definition) is 6. The molecule has 0 saturated carbocycles. The summed E-state index contributed by atoms with van der Waals surface area (Å²) in [6.07, 6.45) is 5.50. The number of aliphatic hydroxyl groups excluding tert-OH is 1. The number of ether oxygens (including phenoxy) is 1. The van der Waals surface area contributed by atoms with Crippen LogP contribution in [0.2, 0.25) is 0 Å². The molecule has 0 aromatic carbocycles. The largest absolute Gasteiger partial charge is 0.394 e. The summed E-state index contributed by atoms with van der Waals surface area (Å²) in [7, 11) is 0. The first-order valence-electron chi connectivity index (χ1n) is 6.50.